The molecule has 1 N–H and O–H groups in total. The molecule has 11 heteroatoms. The Hall–Kier alpha value is -2.63. The minimum Gasteiger partial charge on any atom is -0.495 e. The first kappa shape index (κ1) is 21.6. The van der Waals surface area contributed by atoms with Gasteiger partial charge in [-0.25, -0.2) is 8.42 Å². The number of carbonyl (C=O) groups excluding carboxylic acids is 1. The van der Waals surface area contributed by atoms with E-state index in [1.807, 2.05) is 30.3 Å². The Bertz CT molecular complexity index is 1180. The Balaban J connectivity index is 1.50. The molecule has 1 aliphatic heterocycles. The van der Waals surface area contributed by atoms with Crippen molar-refractivity contribution in [3.05, 3.63) is 54.1 Å². The first-order valence-corrected chi connectivity index (χ1v) is 12.8. The third kappa shape index (κ3) is 5.00. The number of ether oxygens (including phenoxy) is 1. The molecular formula is C20H20N4O4S3. The number of rotatable bonds is 8. The number of hydrogen-bond acceptors (Lipinski definition) is 8. The molecule has 1 saturated heterocycles. The number of thioether (sulfide) groups is 1. The van der Waals surface area contributed by atoms with Crippen molar-refractivity contribution in [2.45, 2.75) is 27.8 Å². The summed E-state index contributed by atoms with van der Waals surface area (Å²) in [6.07, 6.45) is 1.16. The molecule has 1 fully saturated rings. The molecule has 0 radical (unpaired) electrons. The van der Waals surface area contributed by atoms with Gasteiger partial charge in [0.05, 0.1) is 17.7 Å². The van der Waals surface area contributed by atoms with E-state index in [1.54, 1.807) is 11.0 Å². The molecule has 0 saturated carbocycles. The van der Waals surface area contributed by atoms with E-state index in [2.05, 4.69) is 14.9 Å². The number of nitrogens with one attached hydrogen (secondary N) is 1. The summed E-state index contributed by atoms with van der Waals surface area (Å²) in [6, 6.07) is 14.4. The standard InChI is InChI=1S/C20H20N4O4S3/c1-28-17-10-9-15(12-16(17)24-11-5-8-18(24)25)31(26,27)23-19-21-22-20(30-19)29-13-14-6-3-2-4-7-14/h2-4,6-7,9-10,12H,5,8,11,13H2,1H3,(H,21,23). The van der Waals surface area contributed by atoms with Crippen molar-refractivity contribution in [1.82, 2.24) is 10.2 Å². The molecule has 3 aromatic rings. The number of carbonyl (C=O) groups is 1. The maximum Gasteiger partial charge on any atom is 0.263 e. The summed E-state index contributed by atoms with van der Waals surface area (Å²) >= 11 is 2.66. The largest absolute Gasteiger partial charge is 0.495 e. The molecule has 2 heterocycles. The minimum absolute atomic E-state index is 0.0247. The predicted octanol–water partition coefficient (Wildman–Crippen LogP) is 3.77. The monoisotopic (exact) mass is 476 g/mol. The van der Waals surface area contributed by atoms with Gasteiger partial charge in [-0.2, -0.15) is 0 Å². The van der Waals surface area contributed by atoms with Gasteiger partial charge >= 0.3 is 0 Å². The van der Waals surface area contributed by atoms with Gasteiger partial charge in [0.15, 0.2) is 4.34 Å². The summed E-state index contributed by atoms with van der Waals surface area (Å²) in [4.78, 5) is 13.7. The molecule has 162 valence electrons. The van der Waals surface area contributed by atoms with E-state index in [4.69, 9.17) is 4.74 Å². The zero-order valence-corrected chi connectivity index (χ0v) is 19.1. The van der Waals surface area contributed by atoms with E-state index < -0.39 is 10.0 Å². The maximum absolute atomic E-state index is 12.9. The fraction of sp³-hybridized carbons (Fsp3) is 0.250. The summed E-state index contributed by atoms with van der Waals surface area (Å²) in [5, 5.41) is 8.20. The van der Waals surface area contributed by atoms with E-state index in [0.29, 0.717) is 34.5 Å². The number of methoxy groups -OCH3 is 1. The van der Waals surface area contributed by atoms with Crippen molar-refractivity contribution in [3.8, 4) is 5.75 Å². The third-order valence-electron chi connectivity index (χ3n) is 4.66. The van der Waals surface area contributed by atoms with Gasteiger partial charge in [-0.3, -0.25) is 9.52 Å². The van der Waals surface area contributed by atoms with Gasteiger partial charge < -0.3 is 9.64 Å². The lowest BCUT2D eigenvalue weighted by Crippen LogP contribution is -2.24. The zero-order valence-electron chi connectivity index (χ0n) is 16.6. The third-order valence-corrected chi connectivity index (χ3v) is 8.17. The van der Waals surface area contributed by atoms with Crippen LogP contribution >= 0.6 is 23.1 Å². The van der Waals surface area contributed by atoms with Gasteiger partial charge in [-0.1, -0.05) is 53.4 Å². The second kappa shape index (κ2) is 9.25. The second-order valence-electron chi connectivity index (χ2n) is 6.74. The normalized spacial score (nSPS) is 14.1. The molecule has 4 rings (SSSR count). The van der Waals surface area contributed by atoms with Crippen LogP contribution in [-0.2, 0) is 20.6 Å². The summed E-state index contributed by atoms with van der Waals surface area (Å²) < 4.78 is 34.3. The van der Waals surface area contributed by atoms with E-state index in [1.165, 1.54) is 42.3 Å². The van der Waals surface area contributed by atoms with Gasteiger partial charge in [0.25, 0.3) is 10.0 Å². The molecule has 0 atom stereocenters. The van der Waals surface area contributed by atoms with Crippen LogP contribution < -0.4 is 14.4 Å². The molecule has 2 aromatic carbocycles. The highest BCUT2D eigenvalue weighted by molar-refractivity contribution is 8.00. The highest BCUT2D eigenvalue weighted by Crippen LogP contribution is 2.35. The van der Waals surface area contributed by atoms with Gasteiger partial charge in [0, 0.05) is 18.7 Å². The quantitative estimate of drug-likeness (QED) is 0.494. The number of benzene rings is 2. The fourth-order valence-electron chi connectivity index (χ4n) is 3.15. The van der Waals surface area contributed by atoms with Crippen LogP contribution in [0.4, 0.5) is 10.8 Å². The van der Waals surface area contributed by atoms with Gasteiger partial charge in [-0.05, 0) is 30.2 Å². The predicted molar refractivity (Wildman–Crippen MR) is 121 cm³/mol. The summed E-state index contributed by atoms with van der Waals surface area (Å²) in [6.45, 7) is 0.532. The first-order chi connectivity index (χ1) is 15.0. The van der Waals surface area contributed by atoms with E-state index in [9.17, 15) is 13.2 Å². The Morgan fingerprint density at radius 1 is 1.19 bits per heavy atom. The number of aromatic nitrogens is 2. The van der Waals surface area contributed by atoms with Crippen molar-refractivity contribution in [1.29, 1.82) is 0 Å². The van der Waals surface area contributed by atoms with E-state index >= 15 is 0 Å². The van der Waals surface area contributed by atoms with E-state index in [0.717, 1.165) is 12.0 Å². The van der Waals surface area contributed by atoms with Gasteiger partial charge in [0.2, 0.25) is 11.0 Å². The van der Waals surface area contributed by atoms with Crippen LogP contribution in [-0.4, -0.2) is 38.2 Å². The number of amides is 1. The minimum atomic E-state index is -3.91. The molecule has 1 aliphatic rings. The highest BCUT2D eigenvalue weighted by Gasteiger charge is 2.27. The van der Waals surface area contributed by atoms with Crippen LogP contribution in [0.15, 0.2) is 57.8 Å². The molecule has 0 aliphatic carbocycles. The van der Waals surface area contributed by atoms with Crippen molar-refractivity contribution in [3.63, 3.8) is 0 Å². The smallest absolute Gasteiger partial charge is 0.263 e. The van der Waals surface area contributed by atoms with Gasteiger partial charge in [-0.15, -0.1) is 10.2 Å². The Morgan fingerprint density at radius 3 is 2.71 bits per heavy atom. The van der Waals surface area contributed by atoms with Crippen molar-refractivity contribution in [2.24, 2.45) is 0 Å². The summed E-state index contributed by atoms with van der Waals surface area (Å²) in [5.41, 5.74) is 1.59. The van der Waals surface area contributed by atoms with Crippen LogP contribution in [0, 0.1) is 0 Å². The second-order valence-corrected chi connectivity index (χ2v) is 10.6. The van der Waals surface area contributed by atoms with Crippen molar-refractivity contribution < 1.29 is 17.9 Å². The lowest BCUT2D eigenvalue weighted by molar-refractivity contribution is -0.117. The molecule has 31 heavy (non-hydrogen) atoms. The lowest BCUT2D eigenvalue weighted by atomic mass is 10.2. The van der Waals surface area contributed by atoms with Gasteiger partial charge in [0.1, 0.15) is 5.75 Å². The SMILES string of the molecule is COc1ccc(S(=O)(=O)Nc2nnc(SCc3ccccc3)s2)cc1N1CCCC1=O. The molecule has 1 aromatic heterocycles. The summed E-state index contributed by atoms with van der Waals surface area (Å²) in [5.74, 6) is 1.11. The molecule has 0 unspecified atom stereocenters. The van der Waals surface area contributed by atoms with Crippen LogP contribution in [0.2, 0.25) is 0 Å². The van der Waals surface area contributed by atoms with Crippen LogP contribution in [0.25, 0.3) is 0 Å². The average Bonchev–Trinajstić information content (AvgIpc) is 3.40. The number of anilines is 2. The Morgan fingerprint density at radius 2 is 2.00 bits per heavy atom. The maximum atomic E-state index is 12.9. The molecular weight excluding hydrogens is 456 g/mol. The molecule has 1 amide bonds. The fourth-order valence-corrected chi connectivity index (χ4v) is 6.11. The van der Waals surface area contributed by atoms with Crippen LogP contribution in [0.1, 0.15) is 18.4 Å². The Kier molecular flexibility index (Phi) is 6.44. The first-order valence-electron chi connectivity index (χ1n) is 9.48. The summed E-state index contributed by atoms with van der Waals surface area (Å²) in [7, 11) is -2.42. The Labute approximate surface area is 188 Å². The van der Waals surface area contributed by atoms with Crippen LogP contribution in [0.5, 0.6) is 5.75 Å². The molecule has 0 spiro atoms. The highest BCUT2D eigenvalue weighted by atomic mass is 32.2. The number of nitrogens with zero attached hydrogens (tertiary/aromatic N) is 3. The topological polar surface area (TPSA) is 101 Å². The molecule has 8 nitrogen and oxygen atoms in total. The molecule has 0 bridgehead atoms. The van der Waals surface area contributed by atoms with E-state index in [-0.39, 0.29) is 15.9 Å². The number of sulfonamides is 1. The van der Waals surface area contributed by atoms with Crippen molar-refractivity contribution >= 4 is 49.8 Å². The lowest BCUT2D eigenvalue weighted by Gasteiger charge is -2.19. The number of hydrogen-bond donors (Lipinski definition) is 1. The average molecular weight is 477 g/mol. The van der Waals surface area contributed by atoms with Crippen molar-refractivity contribution in [2.75, 3.05) is 23.3 Å². The zero-order chi connectivity index (χ0) is 21.8. The van der Waals surface area contributed by atoms with Crippen LogP contribution in [0.3, 0.4) is 0 Å².